The van der Waals surface area contributed by atoms with Crippen molar-refractivity contribution < 1.29 is 9.59 Å². The number of nitrogens with two attached hydrogens (primary N) is 1. The van der Waals surface area contributed by atoms with E-state index in [-0.39, 0.29) is 5.91 Å². The number of hydrogen-bond donors (Lipinski definition) is 1. The predicted molar refractivity (Wildman–Crippen MR) is 52.9 cm³/mol. The van der Waals surface area contributed by atoms with Gasteiger partial charge in [0.05, 0.1) is 13.8 Å². The number of amides is 1. The molecule has 74 valence electrons. The molecule has 0 aliphatic heterocycles. The van der Waals surface area contributed by atoms with Crippen molar-refractivity contribution in [2.75, 3.05) is 20.1 Å². The summed E-state index contributed by atoms with van der Waals surface area (Å²) >= 11 is 0. The summed E-state index contributed by atoms with van der Waals surface area (Å²) in [6.45, 7) is 5.93. The van der Waals surface area contributed by atoms with E-state index in [1.165, 1.54) is 11.0 Å². The van der Waals surface area contributed by atoms with Crippen LogP contribution in [0.2, 0.25) is 0 Å². The summed E-state index contributed by atoms with van der Waals surface area (Å²) in [7, 11) is 1.63. The lowest BCUT2D eigenvalue weighted by atomic mass is 10.4. The third kappa shape index (κ3) is 8.62. The Bertz CT molecular complexity index is 167. The molecule has 0 aliphatic rings. The molecule has 0 aliphatic carbocycles. The van der Waals surface area contributed by atoms with Gasteiger partial charge in [-0.1, -0.05) is 0 Å². The Morgan fingerprint density at radius 3 is 2.46 bits per heavy atom. The van der Waals surface area contributed by atoms with Crippen LogP contribution in [-0.2, 0) is 9.59 Å². The zero-order valence-electron chi connectivity index (χ0n) is 8.19. The topological polar surface area (TPSA) is 63.4 Å². The molecule has 2 N–H and O–H groups in total. The van der Waals surface area contributed by atoms with Crippen molar-refractivity contribution in [3.63, 3.8) is 0 Å². The summed E-state index contributed by atoms with van der Waals surface area (Å²) in [5.74, 6) is -0.206. The van der Waals surface area contributed by atoms with Crippen LogP contribution < -0.4 is 5.73 Å². The van der Waals surface area contributed by atoms with Crippen molar-refractivity contribution in [2.24, 2.45) is 5.73 Å². The molecule has 0 heterocycles. The quantitative estimate of drug-likeness (QED) is 0.381. The first-order chi connectivity index (χ1) is 6.22. The Kier molecular flexibility index (Phi) is 11.7. The monoisotopic (exact) mass is 185 g/mol. The molecule has 0 atom stereocenters. The first-order valence-corrected chi connectivity index (χ1v) is 4.00. The van der Waals surface area contributed by atoms with Gasteiger partial charge < -0.3 is 10.6 Å². The minimum atomic E-state index is -0.206. The third-order valence-corrected chi connectivity index (χ3v) is 1.16. The van der Waals surface area contributed by atoms with Gasteiger partial charge in [0.1, 0.15) is 6.29 Å². The van der Waals surface area contributed by atoms with E-state index >= 15 is 0 Å². The molecule has 4 nitrogen and oxygen atoms in total. The number of rotatable bonds is 4. The highest BCUT2D eigenvalue weighted by Crippen LogP contribution is 1.83. The molecule has 4 heteroatoms. The summed E-state index contributed by atoms with van der Waals surface area (Å²) < 4.78 is 0. The molecule has 0 aromatic rings. The van der Waals surface area contributed by atoms with Crippen molar-refractivity contribution in [3.05, 3.63) is 19.1 Å². The van der Waals surface area contributed by atoms with Crippen LogP contribution in [-0.4, -0.2) is 37.2 Å². The number of carbonyl (C=O) groups excluding carboxylic acids is 2. The van der Waals surface area contributed by atoms with E-state index in [0.717, 1.165) is 6.08 Å². The summed E-state index contributed by atoms with van der Waals surface area (Å²) in [4.78, 5) is 22.2. The van der Waals surface area contributed by atoms with Crippen molar-refractivity contribution in [1.29, 1.82) is 0 Å². The van der Waals surface area contributed by atoms with Gasteiger partial charge in [0.25, 0.3) is 0 Å². The number of aldehydes is 1. The van der Waals surface area contributed by atoms with E-state index < -0.39 is 0 Å². The SMILES string of the molecule is CN(CCN)C(=O)/C=C\C=O.[CH2+]C. The number of hydrogen-bond acceptors (Lipinski definition) is 3. The van der Waals surface area contributed by atoms with E-state index in [0.29, 0.717) is 19.4 Å². The standard InChI is InChI=1S/C7H12N2O2.C2H5/c1-9(5-4-8)7(11)3-2-6-10;1-2/h2-3,6H,4-5,8H2,1H3;1H2,2H3/q;+1/b3-2-;. The largest absolute Gasteiger partial charge is 0.341 e. The number of nitrogens with zero attached hydrogens (tertiary/aromatic N) is 1. The van der Waals surface area contributed by atoms with Gasteiger partial charge in [-0.2, -0.15) is 0 Å². The van der Waals surface area contributed by atoms with Gasteiger partial charge >= 0.3 is 0 Å². The van der Waals surface area contributed by atoms with Crippen LogP contribution in [0.5, 0.6) is 0 Å². The molecule has 0 spiro atoms. The maximum absolute atomic E-state index is 10.9. The second-order valence-corrected chi connectivity index (χ2v) is 2.04. The zero-order chi connectivity index (χ0) is 10.7. The second-order valence-electron chi connectivity index (χ2n) is 2.04. The summed E-state index contributed by atoms with van der Waals surface area (Å²) in [5, 5.41) is 0. The Hall–Kier alpha value is -1.29. The molecule has 0 aromatic heterocycles. The van der Waals surface area contributed by atoms with E-state index in [1.807, 2.05) is 0 Å². The maximum Gasteiger partial charge on any atom is 0.246 e. The van der Waals surface area contributed by atoms with Crippen LogP contribution in [0.4, 0.5) is 0 Å². The molecule has 0 fully saturated rings. The minimum absolute atomic E-state index is 0.206. The van der Waals surface area contributed by atoms with Gasteiger partial charge in [-0.05, 0) is 6.08 Å². The number of allylic oxidation sites excluding steroid dienone is 1. The van der Waals surface area contributed by atoms with E-state index in [1.54, 1.807) is 14.0 Å². The molecular weight excluding hydrogens is 168 g/mol. The van der Waals surface area contributed by atoms with Crippen molar-refractivity contribution in [2.45, 2.75) is 6.92 Å². The molecule has 0 bridgehead atoms. The van der Waals surface area contributed by atoms with Crippen LogP contribution in [0.1, 0.15) is 6.92 Å². The third-order valence-electron chi connectivity index (χ3n) is 1.16. The van der Waals surface area contributed by atoms with E-state index in [9.17, 15) is 9.59 Å². The second kappa shape index (κ2) is 10.7. The molecule has 0 saturated carbocycles. The van der Waals surface area contributed by atoms with Crippen LogP contribution in [0.25, 0.3) is 0 Å². The number of carbonyl (C=O) groups is 2. The van der Waals surface area contributed by atoms with E-state index in [2.05, 4.69) is 6.92 Å². The molecule has 0 radical (unpaired) electrons. The smallest absolute Gasteiger partial charge is 0.246 e. The average Bonchev–Trinajstić information content (AvgIpc) is 2.17. The highest BCUT2D eigenvalue weighted by Gasteiger charge is 2.00. The van der Waals surface area contributed by atoms with Gasteiger partial charge in [0.2, 0.25) is 5.91 Å². The van der Waals surface area contributed by atoms with Gasteiger partial charge in [0.15, 0.2) is 0 Å². The highest BCUT2D eigenvalue weighted by atomic mass is 16.2. The molecule has 0 unspecified atom stereocenters. The average molecular weight is 185 g/mol. The Morgan fingerprint density at radius 2 is 2.08 bits per heavy atom. The lowest BCUT2D eigenvalue weighted by molar-refractivity contribution is -0.124. The highest BCUT2D eigenvalue weighted by molar-refractivity contribution is 5.90. The van der Waals surface area contributed by atoms with Gasteiger partial charge in [-0.25, -0.2) is 0 Å². The molecule has 13 heavy (non-hydrogen) atoms. The lowest BCUT2D eigenvalue weighted by Gasteiger charge is -2.12. The molecule has 0 rings (SSSR count). The van der Waals surface area contributed by atoms with Gasteiger partial charge in [-0.3, -0.25) is 9.59 Å². The first-order valence-electron chi connectivity index (χ1n) is 4.00. The van der Waals surface area contributed by atoms with E-state index in [4.69, 9.17) is 5.73 Å². The van der Waals surface area contributed by atoms with Crippen LogP contribution in [0.3, 0.4) is 0 Å². The predicted octanol–water partition coefficient (Wildman–Crippen LogP) is -0.00101. The van der Waals surface area contributed by atoms with Crippen LogP contribution in [0, 0.1) is 6.92 Å². The fourth-order valence-electron chi connectivity index (χ4n) is 0.553. The van der Waals surface area contributed by atoms with Gasteiger partial charge in [0, 0.05) is 26.2 Å². The minimum Gasteiger partial charge on any atom is -0.341 e. The fraction of sp³-hybridized carbons (Fsp3) is 0.444. The van der Waals surface area contributed by atoms with Crippen LogP contribution >= 0.6 is 0 Å². The molecule has 1 amide bonds. The maximum atomic E-state index is 10.9. The first kappa shape index (κ1) is 14.2. The Labute approximate surface area is 79.4 Å². The van der Waals surface area contributed by atoms with Crippen molar-refractivity contribution in [3.8, 4) is 0 Å². The number of likely N-dealkylation sites (N-methyl/N-ethyl adjacent to an activating group) is 1. The van der Waals surface area contributed by atoms with Crippen LogP contribution in [0.15, 0.2) is 12.2 Å². The normalized spacial score (nSPS) is 8.85. The summed E-state index contributed by atoms with van der Waals surface area (Å²) in [6.07, 6.45) is 2.94. The molecular formula is C9H17N2O2+. The molecule has 0 aromatic carbocycles. The zero-order valence-corrected chi connectivity index (χ0v) is 8.19. The van der Waals surface area contributed by atoms with Crippen molar-refractivity contribution >= 4 is 12.2 Å². The Morgan fingerprint density at radius 1 is 1.54 bits per heavy atom. The Balaban J connectivity index is 0. The van der Waals surface area contributed by atoms with Crippen molar-refractivity contribution in [1.82, 2.24) is 4.90 Å². The molecule has 0 saturated heterocycles. The summed E-state index contributed by atoms with van der Waals surface area (Å²) in [5.41, 5.74) is 5.21. The fourth-order valence-corrected chi connectivity index (χ4v) is 0.553. The summed E-state index contributed by atoms with van der Waals surface area (Å²) in [6, 6.07) is 0. The lowest BCUT2D eigenvalue weighted by Crippen LogP contribution is -2.30. The van der Waals surface area contributed by atoms with Gasteiger partial charge in [-0.15, -0.1) is 0 Å².